The number of rotatable bonds is 6. The summed E-state index contributed by atoms with van der Waals surface area (Å²) in [6, 6.07) is -0.200. The number of hydrogen-bond donors (Lipinski definition) is 1. The van der Waals surface area contributed by atoms with Gasteiger partial charge >= 0.3 is 0 Å². The van der Waals surface area contributed by atoms with Crippen LogP contribution in [0.25, 0.3) is 5.73 Å². The van der Waals surface area contributed by atoms with Crippen molar-refractivity contribution in [3.05, 3.63) is 13.2 Å². The minimum Gasteiger partial charge on any atom is -0.667 e. The Bertz CT molecular complexity index is 179. The second kappa shape index (κ2) is 11.8. The van der Waals surface area contributed by atoms with E-state index in [0.29, 0.717) is 5.75 Å². The van der Waals surface area contributed by atoms with E-state index in [0.717, 1.165) is 0 Å². The molecule has 14 heavy (non-hydrogen) atoms. The van der Waals surface area contributed by atoms with Crippen LogP contribution in [0.5, 0.6) is 0 Å². The van der Waals surface area contributed by atoms with Crippen molar-refractivity contribution in [1.82, 2.24) is 5.32 Å². The zero-order valence-corrected chi connectivity index (χ0v) is 10.9. The molecule has 1 radical (unpaired) electrons. The molecular formula is C8H16LuN2O2S-2. The molecule has 93 valence electrons. The van der Waals surface area contributed by atoms with Crippen LogP contribution < -0.4 is 5.32 Å². The number of ketones is 1. The molecule has 0 fully saturated rings. The summed E-state index contributed by atoms with van der Waals surface area (Å²) in [6.45, 7) is 1.50. The first kappa shape index (κ1) is 20.1. The van der Waals surface area contributed by atoms with Gasteiger partial charge in [-0.15, -0.1) is 0 Å². The molecular weight excluding hydrogens is 363 g/mol. The fraction of sp³-hybridized carbons (Fsp3) is 0.625. The Hall–Kier alpha value is 0.684. The average Bonchev–Trinajstić information content (AvgIpc) is 1.96. The zero-order valence-electron chi connectivity index (χ0n) is 8.47. The number of hydrogen-bond acceptors (Lipinski definition) is 4. The molecule has 0 aliphatic carbocycles. The normalized spacial score (nSPS) is 10.7. The molecule has 0 heterocycles. The minimum absolute atomic E-state index is 0. The van der Waals surface area contributed by atoms with Gasteiger partial charge in [0.05, 0.1) is 11.9 Å². The molecule has 2 N–H and O–H groups in total. The summed E-state index contributed by atoms with van der Waals surface area (Å²) in [6.07, 6.45) is 0. The summed E-state index contributed by atoms with van der Waals surface area (Å²) in [5.74, 6) is 0.169. The summed E-state index contributed by atoms with van der Waals surface area (Å²) < 4.78 is 0. The fourth-order valence-corrected chi connectivity index (χ4v) is 1.61. The number of Topliss-reactive ketones (excluding diaryl/α,β-unsaturated/α-hetero) is 1. The fourth-order valence-electron chi connectivity index (χ4n) is 0.673. The molecule has 0 aliphatic heterocycles. The molecule has 0 aromatic carbocycles. The van der Waals surface area contributed by atoms with Crippen LogP contribution in [0.1, 0.15) is 6.92 Å². The van der Waals surface area contributed by atoms with Gasteiger partial charge < -0.3 is 23.3 Å². The molecule has 4 nitrogen and oxygen atoms in total. The summed E-state index contributed by atoms with van der Waals surface area (Å²) in [5.41, 5.74) is 6.62. The van der Waals surface area contributed by atoms with Crippen molar-refractivity contribution in [2.75, 3.05) is 18.6 Å². The maximum atomic E-state index is 10.8. The van der Waals surface area contributed by atoms with E-state index in [9.17, 15) is 9.59 Å². The van der Waals surface area contributed by atoms with Gasteiger partial charge in [-0.3, -0.25) is 4.79 Å². The van der Waals surface area contributed by atoms with Crippen LogP contribution in [0.2, 0.25) is 0 Å². The second-order valence-electron chi connectivity index (χ2n) is 2.39. The van der Waals surface area contributed by atoms with Crippen molar-refractivity contribution < 1.29 is 46.5 Å². The molecule has 0 spiro atoms. The summed E-state index contributed by atoms with van der Waals surface area (Å²) in [4.78, 5) is 21.1. The largest absolute Gasteiger partial charge is 0.667 e. The first-order valence-electron chi connectivity index (χ1n) is 3.57. The van der Waals surface area contributed by atoms with Gasteiger partial charge in [0, 0.05) is 48.4 Å². The van der Waals surface area contributed by atoms with E-state index in [1.54, 1.807) is 7.05 Å². The van der Waals surface area contributed by atoms with Gasteiger partial charge in [0.2, 0.25) is 0 Å². The predicted octanol–water partition coefficient (Wildman–Crippen LogP) is 0.926. The Labute approximate surface area is 119 Å². The van der Waals surface area contributed by atoms with Crippen LogP contribution in [-0.2, 0) is 9.59 Å². The quantitative estimate of drug-likeness (QED) is 0.697. The third kappa shape index (κ3) is 10.8. The van der Waals surface area contributed by atoms with Crippen molar-refractivity contribution >= 4 is 23.5 Å². The van der Waals surface area contributed by atoms with Crippen molar-refractivity contribution in [2.24, 2.45) is 0 Å². The molecule has 1 unspecified atom stereocenters. The molecule has 1 atom stereocenters. The van der Waals surface area contributed by atoms with Gasteiger partial charge in [-0.2, -0.15) is 11.8 Å². The van der Waals surface area contributed by atoms with E-state index in [1.807, 2.05) is 0 Å². The minimum atomic E-state index is -0.599. The molecule has 1 amide bonds. The Morgan fingerprint density at radius 3 is 2.29 bits per heavy atom. The maximum Gasteiger partial charge on any atom is 0.147 e. The summed E-state index contributed by atoms with van der Waals surface area (Å²) >= 11 is 1.30. The number of carbonyl (C=O) groups is 2. The van der Waals surface area contributed by atoms with Crippen molar-refractivity contribution in [3.8, 4) is 0 Å². The molecule has 0 aromatic rings. The Morgan fingerprint density at radius 2 is 2.00 bits per heavy atom. The van der Waals surface area contributed by atoms with E-state index in [2.05, 4.69) is 5.32 Å². The Morgan fingerprint density at radius 1 is 1.50 bits per heavy atom. The van der Waals surface area contributed by atoms with Gasteiger partial charge in [-0.1, -0.05) is 0 Å². The van der Waals surface area contributed by atoms with Crippen molar-refractivity contribution in [2.45, 2.75) is 13.0 Å². The van der Waals surface area contributed by atoms with Crippen LogP contribution in [0.4, 0.5) is 0 Å². The molecule has 0 aliphatic rings. The standard InChI is InChI=1S/C7H14N2O2S.CH3.Lu/c1-5(10)6(9-2)3-12-4-7(8)11;;/h6,9H,3-4H2,1-2H3,(H2,8,11);1H3;/q;-1;/p-1. The molecule has 0 saturated heterocycles. The van der Waals surface area contributed by atoms with Gasteiger partial charge in [0.25, 0.3) is 0 Å². The van der Waals surface area contributed by atoms with Gasteiger partial charge in [-0.05, 0) is 14.0 Å². The second-order valence-corrected chi connectivity index (χ2v) is 3.42. The van der Waals surface area contributed by atoms with E-state index in [4.69, 9.17) is 5.73 Å². The molecule has 0 saturated carbocycles. The topological polar surface area (TPSA) is 70.0 Å². The smallest absolute Gasteiger partial charge is 0.147 e. The number of thioether (sulfide) groups is 1. The maximum absolute atomic E-state index is 10.8. The Balaban J connectivity index is -0.000000605. The third-order valence-electron chi connectivity index (χ3n) is 1.36. The van der Waals surface area contributed by atoms with E-state index in [-0.39, 0.29) is 61.9 Å². The van der Waals surface area contributed by atoms with Gasteiger partial charge in [0.1, 0.15) is 5.78 Å². The van der Waals surface area contributed by atoms with E-state index >= 15 is 0 Å². The van der Waals surface area contributed by atoms with Crippen LogP contribution in [-0.4, -0.2) is 36.3 Å². The Kier molecular flexibility index (Phi) is 16.9. The number of carbonyl (C=O) groups excluding carboxylic acids is 2. The van der Waals surface area contributed by atoms with Crippen LogP contribution in [0.3, 0.4) is 0 Å². The summed E-state index contributed by atoms with van der Waals surface area (Å²) in [5, 5.41) is 2.83. The van der Waals surface area contributed by atoms with E-state index in [1.165, 1.54) is 18.7 Å². The van der Waals surface area contributed by atoms with Gasteiger partial charge in [0.15, 0.2) is 0 Å². The van der Waals surface area contributed by atoms with Crippen LogP contribution in [0.15, 0.2) is 0 Å². The number of nitrogens with one attached hydrogen (secondary N) is 2. The number of amides is 1. The van der Waals surface area contributed by atoms with Crippen molar-refractivity contribution in [1.29, 1.82) is 0 Å². The van der Waals surface area contributed by atoms with Crippen LogP contribution in [0, 0.1) is 44.3 Å². The number of likely N-dealkylation sites (N-methyl/N-ethyl adjacent to an activating group) is 1. The zero-order chi connectivity index (χ0) is 9.56. The SMILES string of the molecule is CNC(CSCC([NH-])=O)C(C)=O.[CH3-].[Lu]. The summed E-state index contributed by atoms with van der Waals surface area (Å²) in [7, 11) is 1.70. The molecule has 6 heteroatoms. The predicted molar refractivity (Wildman–Crippen MR) is 56.6 cm³/mol. The molecule has 0 bridgehead atoms. The monoisotopic (exact) mass is 379 g/mol. The van der Waals surface area contributed by atoms with Gasteiger partial charge in [-0.25, -0.2) is 0 Å². The molecule has 0 aromatic heterocycles. The van der Waals surface area contributed by atoms with Crippen LogP contribution >= 0.6 is 11.8 Å². The first-order valence-corrected chi connectivity index (χ1v) is 4.73. The average molecular weight is 379 g/mol. The first-order chi connectivity index (χ1) is 5.57. The third-order valence-corrected chi connectivity index (χ3v) is 2.39. The molecule has 0 rings (SSSR count). The van der Waals surface area contributed by atoms with E-state index < -0.39 is 5.91 Å². The van der Waals surface area contributed by atoms with Crippen molar-refractivity contribution in [3.63, 3.8) is 0 Å².